The van der Waals surface area contributed by atoms with Gasteiger partial charge in [-0.05, 0) is 39.3 Å². The average molecular weight is 274 g/mol. The first-order valence-corrected chi connectivity index (χ1v) is 7.01. The van der Waals surface area contributed by atoms with Crippen LogP contribution in [0.3, 0.4) is 0 Å². The first-order chi connectivity index (χ1) is 9.70. The minimum atomic E-state index is 0.767. The Hall–Kier alpha value is -1.88. The quantitative estimate of drug-likeness (QED) is 0.789. The Morgan fingerprint density at radius 1 is 1.25 bits per heavy atom. The molecule has 0 aliphatic carbocycles. The van der Waals surface area contributed by atoms with Crippen LogP contribution in [0.1, 0.15) is 24.7 Å². The van der Waals surface area contributed by atoms with Gasteiger partial charge in [-0.15, -0.1) is 0 Å². The van der Waals surface area contributed by atoms with Crippen LogP contribution in [0.25, 0.3) is 5.69 Å². The van der Waals surface area contributed by atoms with Crippen molar-refractivity contribution in [3.8, 4) is 5.69 Å². The largest absolute Gasteiger partial charge is 0.382 e. The van der Waals surface area contributed by atoms with Crippen molar-refractivity contribution in [3.05, 3.63) is 35.9 Å². The summed E-state index contributed by atoms with van der Waals surface area (Å²) in [6.45, 7) is 8.36. The molecule has 0 amide bonds. The highest BCUT2D eigenvalue weighted by atomic mass is 16.5. The second-order valence-electron chi connectivity index (χ2n) is 4.71. The maximum atomic E-state index is 5.33. The van der Waals surface area contributed by atoms with Gasteiger partial charge < -0.3 is 10.1 Å². The summed E-state index contributed by atoms with van der Waals surface area (Å²) in [5.74, 6) is 0.852. The molecule has 20 heavy (non-hydrogen) atoms. The molecule has 0 atom stereocenters. The Bertz CT molecular complexity index is 533. The van der Waals surface area contributed by atoms with Crippen molar-refractivity contribution >= 4 is 5.95 Å². The van der Waals surface area contributed by atoms with E-state index in [9.17, 15) is 0 Å². The molecular weight excluding hydrogens is 252 g/mol. The van der Waals surface area contributed by atoms with Crippen LogP contribution in [-0.2, 0) is 4.74 Å². The SMILES string of the molecule is CCOCCCNc1nc(C)cn1-c1ccc(C)nc1. The number of imidazole rings is 1. The third-order valence-corrected chi connectivity index (χ3v) is 2.95. The number of rotatable bonds is 7. The van der Waals surface area contributed by atoms with Gasteiger partial charge in [-0.2, -0.15) is 0 Å². The van der Waals surface area contributed by atoms with Gasteiger partial charge in [0.05, 0.1) is 17.6 Å². The van der Waals surface area contributed by atoms with Gasteiger partial charge in [-0.1, -0.05) is 0 Å². The molecule has 2 heterocycles. The molecule has 0 aromatic carbocycles. The van der Waals surface area contributed by atoms with E-state index in [-0.39, 0.29) is 0 Å². The van der Waals surface area contributed by atoms with E-state index in [0.29, 0.717) is 0 Å². The van der Waals surface area contributed by atoms with Crippen molar-refractivity contribution in [2.45, 2.75) is 27.2 Å². The smallest absolute Gasteiger partial charge is 0.207 e. The topological polar surface area (TPSA) is 52.0 Å². The van der Waals surface area contributed by atoms with Crippen molar-refractivity contribution in [1.82, 2.24) is 14.5 Å². The van der Waals surface area contributed by atoms with Gasteiger partial charge in [0.25, 0.3) is 0 Å². The summed E-state index contributed by atoms with van der Waals surface area (Å²) in [7, 11) is 0. The van der Waals surface area contributed by atoms with Crippen LogP contribution in [-0.4, -0.2) is 34.3 Å². The number of hydrogen-bond donors (Lipinski definition) is 1. The van der Waals surface area contributed by atoms with Crippen LogP contribution in [0.4, 0.5) is 5.95 Å². The van der Waals surface area contributed by atoms with E-state index in [1.165, 1.54) is 0 Å². The minimum absolute atomic E-state index is 0.767. The highest BCUT2D eigenvalue weighted by Crippen LogP contribution is 2.16. The fourth-order valence-corrected chi connectivity index (χ4v) is 1.94. The van der Waals surface area contributed by atoms with E-state index in [2.05, 4.69) is 21.4 Å². The monoisotopic (exact) mass is 274 g/mol. The summed E-state index contributed by atoms with van der Waals surface area (Å²) >= 11 is 0. The Morgan fingerprint density at radius 2 is 2.10 bits per heavy atom. The zero-order valence-corrected chi connectivity index (χ0v) is 12.4. The molecule has 0 spiro atoms. The van der Waals surface area contributed by atoms with E-state index < -0.39 is 0 Å². The lowest BCUT2D eigenvalue weighted by molar-refractivity contribution is 0.147. The molecule has 1 N–H and O–H groups in total. The Morgan fingerprint density at radius 3 is 2.80 bits per heavy atom. The number of hydrogen-bond acceptors (Lipinski definition) is 4. The van der Waals surface area contributed by atoms with Crippen LogP contribution in [0.15, 0.2) is 24.5 Å². The van der Waals surface area contributed by atoms with Crippen LogP contribution < -0.4 is 5.32 Å². The van der Waals surface area contributed by atoms with Crippen LogP contribution in [0.2, 0.25) is 0 Å². The molecule has 0 unspecified atom stereocenters. The van der Waals surface area contributed by atoms with Crippen LogP contribution >= 0.6 is 0 Å². The molecule has 5 heteroatoms. The third kappa shape index (κ3) is 3.81. The van der Waals surface area contributed by atoms with Crippen LogP contribution in [0.5, 0.6) is 0 Å². The number of ether oxygens (including phenoxy) is 1. The summed E-state index contributed by atoms with van der Waals surface area (Å²) in [6, 6.07) is 4.05. The number of aryl methyl sites for hydroxylation is 2. The molecule has 0 saturated carbocycles. The second kappa shape index (κ2) is 7.05. The lowest BCUT2D eigenvalue weighted by Crippen LogP contribution is -2.10. The zero-order valence-electron chi connectivity index (χ0n) is 12.4. The molecule has 0 aliphatic rings. The lowest BCUT2D eigenvalue weighted by atomic mass is 10.3. The molecule has 108 valence electrons. The van der Waals surface area contributed by atoms with Gasteiger partial charge in [-0.25, -0.2) is 4.98 Å². The van der Waals surface area contributed by atoms with Crippen molar-refractivity contribution in [2.75, 3.05) is 25.1 Å². The summed E-state index contributed by atoms with van der Waals surface area (Å²) in [6.07, 6.45) is 4.84. The summed E-state index contributed by atoms with van der Waals surface area (Å²) in [5.41, 5.74) is 3.01. The number of nitrogens with zero attached hydrogens (tertiary/aromatic N) is 3. The Labute approximate surface area is 120 Å². The number of pyridine rings is 1. The van der Waals surface area contributed by atoms with Crippen LogP contribution in [0, 0.1) is 13.8 Å². The van der Waals surface area contributed by atoms with Crippen molar-refractivity contribution in [1.29, 1.82) is 0 Å². The third-order valence-electron chi connectivity index (χ3n) is 2.95. The number of aromatic nitrogens is 3. The molecule has 0 aliphatic heterocycles. The minimum Gasteiger partial charge on any atom is -0.382 e. The Kier molecular flexibility index (Phi) is 5.12. The molecule has 0 bridgehead atoms. The van der Waals surface area contributed by atoms with Gasteiger partial charge >= 0.3 is 0 Å². The van der Waals surface area contributed by atoms with Gasteiger partial charge in [0.1, 0.15) is 0 Å². The standard InChI is InChI=1S/C15H22N4O/c1-4-20-9-5-8-16-15-18-13(3)11-19(15)14-7-6-12(2)17-10-14/h6-7,10-11H,4-5,8-9H2,1-3H3,(H,16,18). The summed E-state index contributed by atoms with van der Waals surface area (Å²) in [5, 5.41) is 3.35. The molecule has 2 rings (SSSR count). The van der Waals surface area contributed by atoms with Crippen molar-refractivity contribution in [3.63, 3.8) is 0 Å². The molecule has 5 nitrogen and oxygen atoms in total. The number of anilines is 1. The maximum absolute atomic E-state index is 5.33. The molecule has 0 fully saturated rings. The maximum Gasteiger partial charge on any atom is 0.207 e. The van der Waals surface area contributed by atoms with E-state index in [1.807, 2.05) is 43.8 Å². The molecule has 0 radical (unpaired) electrons. The van der Waals surface area contributed by atoms with E-state index >= 15 is 0 Å². The van der Waals surface area contributed by atoms with Gasteiger partial charge in [-0.3, -0.25) is 9.55 Å². The highest BCUT2D eigenvalue weighted by Gasteiger charge is 2.07. The predicted octanol–water partition coefficient (Wildman–Crippen LogP) is 2.72. The summed E-state index contributed by atoms with van der Waals surface area (Å²) in [4.78, 5) is 8.84. The van der Waals surface area contributed by atoms with E-state index in [1.54, 1.807) is 0 Å². The highest BCUT2D eigenvalue weighted by molar-refractivity contribution is 5.42. The average Bonchev–Trinajstić information content (AvgIpc) is 2.80. The fraction of sp³-hybridized carbons (Fsp3) is 0.467. The summed E-state index contributed by atoms with van der Waals surface area (Å²) < 4.78 is 7.36. The van der Waals surface area contributed by atoms with Crippen molar-refractivity contribution in [2.24, 2.45) is 0 Å². The Balaban J connectivity index is 2.04. The molecule has 0 saturated heterocycles. The molecule has 2 aromatic rings. The normalized spacial score (nSPS) is 10.8. The van der Waals surface area contributed by atoms with Gasteiger partial charge in [0.2, 0.25) is 5.95 Å². The van der Waals surface area contributed by atoms with E-state index in [4.69, 9.17) is 4.74 Å². The lowest BCUT2D eigenvalue weighted by Gasteiger charge is -2.09. The number of nitrogens with one attached hydrogen (secondary N) is 1. The predicted molar refractivity (Wildman–Crippen MR) is 80.4 cm³/mol. The first kappa shape index (κ1) is 14.5. The van der Waals surface area contributed by atoms with Crippen molar-refractivity contribution < 1.29 is 4.74 Å². The zero-order chi connectivity index (χ0) is 14.4. The fourth-order valence-electron chi connectivity index (χ4n) is 1.94. The van der Waals surface area contributed by atoms with E-state index in [0.717, 1.165) is 49.2 Å². The molecular formula is C15H22N4O. The first-order valence-electron chi connectivity index (χ1n) is 7.01. The molecule has 2 aromatic heterocycles. The van der Waals surface area contributed by atoms with Gasteiger partial charge in [0, 0.05) is 31.6 Å². The van der Waals surface area contributed by atoms with Gasteiger partial charge in [0.15, 0.2) is 0 Å². The second-order valence-corrected chi connectivity index (χ2v) is 4.71.